The lowest BCUT2D eigenvalue weighted by Gasteiger charge is -2.29. The summed E-state index contributed by atoms with van der Waals surface area (Å²) in [6.45, 7) is 1.19. The van der Waals surface area contributed by atoms with E-state index in [2.05, 4.69) is 15.3 Å². The summed E-state index contributed by atoms with van der Waals surface area (Å²) in [7, 11) is 0. The molecule has 2 aliphatic rings. The van der Waals surface area contributed by atoms with Crippen molar-refractivity contribution in [1.82, 2.24) is 14.9 Å². The van der Waals surface area contributed by atoms with Gasteiger partial charge in [0.2, 0.25) is 5.95 Å². The lowest BCUT2D eigenvalue weighted by Crippen LogP contribution is -2.40. The Kier molecular flexibility index (Phi) is 5.92. The maximum Gasteiger partial charge on any atom is 0.253 e. The van der Waals surface area contributed by atoms with E-state index < -0.39 is 0 Å². The van der Waals surface area contributed by atoms with E-state index in [1.165, 1.54) is 0 Å². The number of halogens is 1. The molecule has 0 spiro atoms. The number of aromatic nitrogens is 2. The summed E-state index contributed by atoms with van der Waals surface area (Å²) in [5.41, 5.74) is 3.46. The van der Waals surface area contributed by atoms with Gasteiger partial charge in [-0.15, -0.1) is 0 Å². The number of carbonyl (C=O) groups is 1. The maximum atomic E-state index is 12.6. The van der Waals surface area contributed by atoms with Crippen molar-refractivity contribution in [2.75, 3.05) is 18.4 Å². The maximum absolute atomic E-state index is 12.6. The quantitative estimate of drug-likeness (QED) is 0.792. The molecule has 1 amide bonds. The van der Waals surface area contributed by atoms with E-state index in [0.29, 0.717) is 37.4 Å². The van der Waals surface area contributed by atoms with Gasteiger partial charge in [-0.2, -0.15) is 0 Å². The highest BCUT2D eigenvalue weighted by atomic mass is 35.5. The third kappa shape index (κ3) is 4.83. The highest BCUT2D eigenvalue weighted by Crippen LogP contribution is 2.27. The van der Waals surface area contributed by atoms with Crippen LogP contribution in [0.25, 0.3) is 5.57 Å². The van der Waals surface area contributed by atoms with Crippen molar-refractivity contribution in [1.29, 1.82) is 0 Å². The molecule has 0 saturated carbocycles. The van der Waals surface area contributed by atoms with Crippen LogP contribution >= 0.6 is 11.6 Å². The zero-order valence-electron chi connectivity index (χ0n) is 16.0. The van der Waals surface area contributed by atoms with Crippen LogP contribution in [0.15, 0.2) is 53.7 Å². The lowest BCUT2D eigenvalue weighted by molar-refractivity contribution is 0.0546. The molecule has 150 valence electrons. The van der Waals surface area contributed by atoms with Crippen LogP contribution < -0.4 is 5.32 Å². The Balaban J connectivity index is 1.43. The van der Waals surface area contributed by atoms with Gasteiger partial charge in [-0.25, -0.2) is 9.97 Å². The average Bonchev–Trinajstić information content (AvgIpc) is 2.75. The van der Waals surface area contributed by atoms with E-state index in [1.54, 1.807) is 23.2 Å². The van der Waals surface area contributed by atoms with E-state index in [9.17, 15) is 9.90 Å². The number of aliphatic hydroxyl groups excluding tert-OH is 1. The first-order valence-electron chi connectivity index (χ1n) is 9.81. The summed E-state index contributed by atoms with van der Waals surface area (Å²) in [4.78, 5) is 23.3. The monoisotopic (exact) mass is 410 g/mol. The highest BCUT2D eigenvalue weighted by Gasteiger charge is 2.22. The van der Waals surface area contributed by atoms with E-state index >= 15 is 0 Å². The number of allylic oxidation sites excluding steroid dienone is 4. The summed E-state index contributed by atoms with van der Waals surface area (Å²) in [6.07, 6.45) is 8.30. The molecule has 1 aromatic heterocycles. The first-order valence-corrected chi connectivity index (χ1v) is 10.2. The van der Waals surface area contributed by atoms with Crippen LogP contribution in [0.1, 0.15) is 41.7 Å². The third-order valence-electron chi connectivity index (χ3n) is 5.22. The number of nitrogens with zero attached hydrogens (tertiary/aromatic N) is 3. The number of benzene rings is 1. The van der Waals surface area contributed by atoms with Crippen LogP contribution in [0, 0.1) is 0 Å². The van der Waals surface area contributed by atoms with Gasteiger partial charge in [0.1, 0.15) is 0 Å². The molecule has 1 saturated heterocycles. The topological polar surface area (TPSA) is 78.4 Å². The molecule has 29 heavy (non-hydrogen) atoms. The minimum absolute atomic E-state index is 0.00218. The molecule has 0 atom stereocenters. The Hall–Kier alpha value is -2.70. The summed E-state index contributed by atoms with van der Waals surface area (Å²) in [6, 6.07) is 9.20. The van der Waals surface area contributed by atoms with Crippen LogP contribution in [0.4, 0.5) is 11.6 Å². The van der Waals surface area contributed by atoms with Gasteiger partial charge in [-0.05, 0) is 67.7 Å². The summed E-state index contributed by atoms with van der Waals surface area (Å²) in [5.74, 6) is 0.505. The van der Waals surface area contributed by atoms with Crippen LogP contribution in [0.3, 0.4) is 0 Å². The molecule has 1 fully saturated rings. The minimum Gasteiger partial charge on any atom is -0.393 e. The van der Waals surface area contributed by atoms with Crippen molar-refractivity contribution in [2.24, 2.45) is 0 Å². The van der Waals surface area contributed by atoms with E-state index in [1.807, 2.05) is 30.4 Å². The number of piperidine rings is 1. The highest BCUT2D eigenvalue weighted by molar-refractivity contribution is 6.29. The predicted octanol–water partition coefficient (Wildman–Crippen LogP) is 4.12. The van der Waals surface area contributed by atoms with E-state index in [4.69, 9.17) is 11.6 Å². The number of rotatable bonds is 4. The van der Waals surface area contributed by atoms with Gasteiger partial charge >= 0.3 is 0 Å². The summed E-state index contributed by atoms with van der Waals surface area (Å²) >= 11 is 6.03. The third-order valence-corrected chi connectivity index (χ3v) is 5.54. The molecule has 2 aromatic rings. The molecule has 1 aliphatic carbocycles. The van der Waals surface area contributed by atoms with Crippen LogP contribution in [-0.2, 0) is 0 Å². The Labute approximate surface area is 174 Å². The molecule has 2 N–H and O–H groups in total. The second kappa shape index (κ2) is 8.76. The van der Waals surface area contributed by atoms with Crippen molar-refractivity contribution in [3.8, 4) is 0 Å². The molecule has 2 heterocycles. The molecule has 1 aromatic carbocycles. The minimum atomic E-state index is -0.293. The van der Waals surface area contributed by atoms with Crippen LogP contribution in [0.5, 0.6) is 0 Å². The zero-order chi connectivity index (χ0) is 20.2. The Morgan fingerprint density at radius 1 is 1.10 bits per heavy atom. The van der Waals surface area contributed by atoms with Crippen LogP contribution in [-0.4, -0.2) is 45.1 Å². The largest absolute Gasteiger partial charge is 0.393 e. The number of carbonyl (C=O) groups excluding carboxylic acids is 1. The van der Waals surface area contributed by atoms with Gasteiger partial charge in [-0.3, -0.25) is 4.79 Å². The average molecular weight is 411 g/mol. The number of hydrogen-bond donors (Lipinski definition) is 2. The van der Waals surface area contributed by atoms with Gasteiger partial charge in [0.05, 0.1) is 11.8 Å². The van der Waals surface area contributed by atoms with Crippen molar-refractivity contribution < 1.29 is 9.90 Å². The van der Waals surface area contributed by atoms with Gasteiger partial charge in [-0.1, -0.05) is 17.7 Å². The fraction of sp³-hybridized carbons (Fsp3) is 0.318. The van der Waals surface area contributed by atoms with Crippen molar-refractivity contribution in [3.05, 3.63) is 65.0 Å². The standard InChI is InChI=1S/C22H23ClN4O2/c23-17-5-1-15(2-6-17)20-9-12-24-22(26-20)25-18-7-3-16(4-8-18)21(29)27-13-10-19(28)11-14-27/h1,3-5,7-9,12,19,28H,2,6,10-11,13-14H2,(H,24,25,26). The smallest absolute Gasteiger partial charge is 0.253 e. The molecule has 7 heteroatoms. The van der Waals surface area contributed by atoms with Gasteiger partial charge in [0, 0.05) is 35.6 Å². The van der Waals surface area contributed by atoms with Crippen molar-refractivity contribution >= 4 is 34.7 Å². The Morgan fingerprint density at radius 3 is 2.55 bits per heavy atom. The lowest BCUT2D eigenvalue weighted by atomic mass is 10.0. The fourth-order valence-electron chi connectivity index (χ4n) is 3.50. The Bertz CT molecular complexity index is 948. The van der Waals surface area contributed by atoms with E-state index in [-0.39, 0.29) is 12.0 Å². The molecule has 0 unspecified atom stereocenters. The van der Waals surface area contributed by atoms with E-state index in [0.717, 1.165) is 34.8 Å². The number of anilines is 2. The molecule has 0 radical (unpaired) electrons. The van der Waals surface area contributed by atoms with Gasteiger partial charge in [0.15, 0.2) is 0 Å². The summed E-state index contributed by atoms with van der Waals surface area (Å²) < 4.78 is 0. The number of aliphatic hydroxyl groups is 1. The first kappa shape index (κ1) is 19.6. The Morgan fingerprint density at radius 2 is 1.86 bits per heavy atom. The normalized spacial score (nSPS) is 17.5. The molecular formula is C22H23ClN4O2. The SMILES string of the molecule is O=C(c1ccc(Nc2nccc(C3=CC=C(Cl)CC3)n2)cc1)N1CCC(O)CC1. The predicted molar refractivity (Wildman–Crippen MR) is 114 cm³/mol. The molecule has 4 rings (SSSR count). The fourth-order valence-corrected chi connectivity index (χ4v) is 3.66. The molecule has 1 aliphatic heterocycles. The summed E-state index contributed by atoms with van der Waals surface area (Å²) in [5, 5.41) is 13.7. The van der Waals surface area contributed by atoms with Gasteiger partial charge < -0.3 is 15.3 Å². The number of likely N-dealkylation sites (tertiary alicyclic amines) is 1. The van der Waals surface area contributed by atoms with Crippen molar-refractivity contribution in [3.63, 3.8) is 0 Å². The molecule has 0 bridgehead atoms. The van der Waals surface area contributed by atoms with Crippen molar-refractivity contribution in [2.45, 2.75) is 31.8 Å². The second-order valence-corrected chi connectivity index (χ2v) is 7.78. The van der Waals surface area contributed by atoms with Crippen LogP contribution in [0.2, 0.25) is 0 Å². The second-order valence-electron chi connectivity index (χ2n) is 7.30. The number of amides is 1. The molecular weight excluding hydrogens is 388 g/mol. The number of nitrogens with one attached hydrogen (secondary N) is 1. The molecule has 6 nitrogen and oxygen atoms in total. The first-order chi connectivity index (χ1) is 14.1. The van der Waals surface area contributed by atoms with Gasteiger partial charge in [0.25, 0.3) is 5.91 Å². The zero-order valence-corrected chi connectivity index (χ0v) is 16.8. The number of hydrogen-bond acceptors (Lipinski definition) is 5.